The van der Waals surface area contributed by atoms with Gasteiger partial charge in [0.1, 0.15) is 12.4 Å². The maximum Gasteiger partial charge on any atom is 0.175 e. The second-order valence-corrected chi connectivity index (χ2v) is 7.97. The van der Waals surface area contributed by atoms with Gasteiger partial charge in [-0.25, -0.2) is 4.39 Å². The molecular formula is C23H20ClFINO2. The molecule has 6 heteroatoms. The maximum atomic E-state index is 13.1. The lowest BCUT2D eigenvalue weighted by atomic mass is 10.2. The molecule has 0 aliphatic heterocycles. The molecule has 0 spiro atoms. The van der Waals surface area contributed by atoms with Crippen molar-refractivity contribution in [2.45, 2.75) is 20.5 Å². The summed E-state index contributed by atoms with van der Waals surface area (Å²) in [6.07, 6.45) is 1.78. The Morgan fingerprint density at radius 2 is 1.83 bits per heavy atom. The van der Waals surface area contributed by atoms with Gasteiger partial charge in [-0.15, -0.1) is 0 Å². The number of nitrogens with zero attached hydrogens (tertiary/aromatic N) is 1. The smallest absolute Gasteiger partial charge is 0.175 e. The Hall–Kier alpha value is -2.12. The molecule has 3 aromatic carbocycles. The lowest BCUT2D eigenvalue weighted by molar-refractivity contribution is 0.267. The summed E-state index contributed by atoms with van der Waals surface area (Å²) in [6.45, 7) is 4.75. The number of hydrogen-bond acceptors (Lipinski definition) is 3. The van der Waals surface area contributed by atoms with Gasteiger partial charge in [-0.3, -0.25) is 4.99 Å². The van der Waals surface area contributed by atoms with Crippen molar-refractivity contribution in [3.05, 3.63) is 85.7 Å². The van der Waals surface area contributed by atoms with E-state index in [2.05, 4.69) is 27.6 Å². The van der Waals surface area contributed by atoms with E-state index >= 15 is 0 Å². The van der Waals surface area contributed by atoms with Gasteiger partial charge in [-0.05, 0) is 89.5 Å². The molecule has 0 unspecified atom stereocenters. The average Bonchev–Trinajstić information content (AvgIpc) is 2.69. The van der Waals surface area contributed by atoms with Crippen molar-refractivity contribution in [3.8, 4) is 11.5 Å². The molecule has 0 radical (unpaired) electrons. The molecule has 3 nitrogen and oxygen atoms in total. The lowest BCUT2D eigenvalue weighted by Crippen LogP contribution is -2.02. The van der Waals surface area contributed by atoms with E-state index in [1.807, 2.05) is 44.2 Å². The van der Waals surface area contributed by atoms with E-state index in [1.165, 1.54) is 12.1 Å². The molecule has 0 amide bonds. The molecule has 0 bridgehead atoms. The molecule has 0 saturated carbocycles. The Bertz CT molecular complexity index is 1020. The van der Waals surface area contributed by atoms with Crippen LogP contribution in [0, 0.1) is 16.3 Å². The zero-order valence-electron chi connectivity index (χ0n) is 16.1. The zero-order valence-corrected chi connectivity index (χ0v) is 19.0. The molecule has 0 aliphatic carbocycles. The van der Waals surface area contributed by atoms with Crippen LogP contribution < -0.4 is 9.47 Å². The summed E-state index contributed by atoms with van der Waals surface area (Å²) in [5, 5.41) is 0.650. The van der Waals surface area contributed by atoms with Crippen molar-refractivity contribution in [1.29, 1.82) is 0 Å². The number of benzene rings is 3. The Labute approximate surface area is 188 Å². The van der Waals surface area contributed by atoms with Crippen LogP contribution in [0.5, 0.6) is 11.5 Å². The van der Waals surface area contributed by atoms with Gasteiger partial charge < -0.3 is 9.47 Å². The minimum atomic E-state index is -0.267. The molecule has 0 fully saturated rings. The first-order chi connectivity index (χ1) is 14.0. The van der Waals surface area contributed by atoms with Crippen molar-refractivity contribution >= 4 is 46.1 Å². The third-order valence-corrected chi connectivity index (χ3v) is 5.19. The standard InChI is InChI=1S/C23H20ClFINO2/c1-3-28-22-11-17(13-27-21-12-18(24)7-4-15(21)2)10-20(26)23(22)29-14-16-5-8-19(25)9-6-16/h4-13H,3,14H2,1-2H3. The average molecular weight is 524 g/mol. The highest BCUT2D eigenvalue weighted by Gasteiger charge is 2.12. The fourth-order valence-electron chi connectivity index (χ4n) is 2.67. The monoisotopic (exact) mass is 523 g/mol. The van der Waals surface area contributed by atoms with Crippen LogP contribution in [-0.4, -0.2) is 12.8 Å². The quantitative estimate of drug-likeness (QED) is 0.244. The van der Waals surface area contributed by atoms with Crippen LogP contribution in [0.25, 0.3) is 0 Å². The summed E-state index contributed by atoms with van der Waals surface area (Å²) >= 11 is 8.29. The fraction of sp³-hybridized carbons (Fsp3) is 0.174. The van der Waals surface area contributed by atoms with Gasteiger partial charge in [0.15, 0.2) is 11.5 Å². The van der Waals surface area contributed by atoms with E-state index in [0.29, 0.717) is 29.7 Å². The largest absolute Gasteiger partial charge is 0.490 e. The SMILES string of the molecule is CCOc1cc(C=Nc2cc(Cl)ccc2C)cc(I)c1OCc1ccc(F)cc1. The van der Waals surface area contributed by atoms with Gasteiger partial charge in [0, 0.05) is 11.2 Å². The molecule has 0 atom stereocenters. The highest BCUT2D eigenvalue weighted by molar-refractivity contribution is 14.1. The van der Waals surface area contributed by atoms with Gasteiger partial charge in [-0.1, -0.05) is 29.8 Å². The molecular weight excluding hydrogens is 504 g/mol. The van der Waals surface area contributed by atoms with Crippen LogP contribution in [0.2, 0.25) is 5.02 Å². The second-order valence-electron chi connectivity index (χ2n) is 6.37. The Morgan fingerprint density at radius 3 is 2.55 bits per heavy atom. The van der Waals surface area contributed by atoms with E-state index < -0.39 is 0 Å². The first-order valence-electron chi connectivity index (χ1n) is 9.10. The topological polar surface area (TPSA) is 30.8 Å². The zero-order chi connectivity index (χ0) is 20.8. The minimum absolute atomic E-state index is 0.267. The highest BCUT2D eigenvalue weighted by Crippen LogP contribution is 2.35. The van der Waals surface area contributed by atoms with E-state index in [9.17, 15) is 4.39 Å². The van der Waals surface area contributed by atoms with Crippen LogP contribution in [0.4, 0.5) is 10.1 Å². The predicted molar refractivity (Wildman–Crippen MR) is 125 cm³/mol. The third kappa shape index (κ3) is 5.93. The highest BCUT2D eigenvalue weighted by atomic mass is 127. The van der Waals surface area contributed by atoms with Gasteiger partial charge in [0.05, 0.1) is 15.9 Å². The molecule has 0 aromatic heterocycles. The predicted octanol–water partition coefficient (Wildman–Crippen LogP) is 7.12. The maximum absolute atomic E-state index is 13.1. The summed E-state index contributed by atoms with van der Waals surface area (Å²) in [5.41, 5.74) is 3.64. The summed E-state index contributed by atoms with van der Waals surface area (Å²) in [6, 6.07) is 15.8. The number of aliphatic imine (C=N–C) groups is 1. The molecule has 0 heterocycles. The van der Waals surface area contributed by atoms with E-state index in [0.717, 1.165) is 25.9 Å². The summed E-state index contributed by atoms with van der Waals surface area (Å²) < 4.78 is 25.8. The van der Waals surface area contributed by atoms with Crippen molar-refractivity contribution in [3.63, 3.8) is 0 Å². The fourth-order valence-corrected chi connectivity index (χ4v) is 3.61. The number of hydrogen-bond donors (Lipinski definition) is 0. The lowest BCUT2D eigenvalue weighted by Gasteiger charge is -2.15. The van der Waals surface area contributed by atoms with Crippen molar-refractivity contribution < 1.29 is 13.9 Å². The van der Waals surface area contributed by atoms with Crippen LogP contribution >= 0.6 is 34.2 Å². The molecule has 0 aliphatic rings. The normalized spacial score (nSPS) is 11.1. The van der Waals surface area contributed by atoms with Gasteiger partial charge in [0.25, 0.3) is 0 Å². The number of halogens is 3. The van der Waals surface area contributed by atoms with Gasteiger partial charge >= 0.3 is 0 Å². The van der Waals surface area contributed by atoms with Gasteiger partial charge in [0.2, 0.25) is 0 Å². The number of ether oxygens (including phenoxy) is 2. The Balaban J connectivity index is 1.84. The molecule has 3 rings (SSSR count). The second kappa shape index (κ2) is 10.1. The molecule has 150 valence electrons. The van der Waals surface area contributed by atoms with E-state index in [1.54, 1.807) is 18.3 Å². The Morgan fingerprint density at radius 1 is 1.07 bits per heavy atom. The third-order valence-electron chi connectivity index (χ3n) is 4.15. The molecule has 29 heavy (non-hydrogen) atoms. The van der Waals surface area contributed by atoms with Gasteiger partial charge in [-0.2, -0.15) is 0 Å². The van der Waals surface area contributed by atoms with Crippen molar-refractivity contribution in [1.82, 2.24) is 0 Å². The van der Waals surface area contributed by atoms with Crippen molar-refractivity contribution in [2.24, 2.45) is 4.99 Å². The minimum Gasteiger partial charge on any atom is -0.490 e. The van der Waals surface area contributed by atoms with Crippen LogP contribution in [-0.2, 0) is 6.61 Å². The van der Waals surface area contributed by atoms with E-state index in [-0.39, 0.29) is 5.82 Å². The summed E-state index contributed by atoms with van der Waals surface area (Å²) in [4.78, 5) is 4.57. The number of rotatable bonds is 7. The first-order valence-corrected chi connectivity index (χ1v) is 10.6. The Kier molecular flexibility index (Phi) is 7.50. The van der Waals surface area contributed by atoms with Crippen molar-refractivity contribution in [2.75, 3.05) is 6.61 Å². The van der Waals surface area contributed by atoms with Crippen LogP contribution in [0.3, 0.4) is 0 Å². The molecule has 3 aromatic rings. The molecule has 0 N–H and O–H groups in total. The van der Waals surface area contributed by atoms with Crippen LogP contribution in [0.1, 0.15) is 23.6 Å². The first kappa shape index (κ1) is 21.6. The molecule has 0 saturated heterocycles. The number of aryl methyl sites for hydroxylation is 1. The van der Waals surface area contributed by atoms with E-state index in [4.69, 9.17) is 21.1 Å². The summed E-state index contributed by atoms with van der Waals surface area (Å²) in [5.74, 6) is 1.04. The van der Waals surface area contributed by atoms with Crippen LogP contribution in [0.15, 0.2) is 59.6 Å². The summed E-state index contributed by atoms with van der Waals surface area (Å²) in [7, 11) is 0.